The van der Waals surface area contributed by atoms with Gasteiger partial charge in [-0.1, -0.05) is 50.5 Å². The van der Waals surface area contributed by atoms with Crippen LogP contribution in [-0.4, -0.2) is 29.3 Å². The molecule has 24 heavy (non-hydrogen) atoms. The molecule has 1 aromatic heterocycles. The molecule has 0 saturated heterocycles. The molecule has 0 amide bonds. The summed E-state index contributed by atoms with van der Waals surface area (Å²) < 4.78 is 1.93. The van der Waals surface area contributed by atoms with Crippen LogP contribution >= 0.6 is 0 Å². The third-order valence-corrected chi connectivity index (χ3v) is 3.90. The van der Waals surface area contributed by atoms with Gasteiger partial charge in [0, 0.05) is 32.5 Å². The second-order valence-electron chi connectivity index (χ2n) is 5.94. The molecule has 0 bridgehead atoms. The lowest BCUT2D eigenvalue weighted by Crippen LogP contribution is -2.37. The number of aliphatic imine (C=N–C) groups is 1. The van der Waals surface area contributed by atoms with Crippen molar-refractivity contribution in [2.75, 3.05) is 13.6 Å². The Morgan fingerprint density at radius 2 is 2.00 bits per heavy atom. The number of rotatable bonds is 9. The van der Waals surface area contributed by atoms with E-state index in [2.05, 4.69) is 51.9 Å². The average molecular weight is 327 g/mol. The van der Waals surface area contributed by atoms with Crippen LogP contribution in [0.15, 0.2) is 47.7 Å². The van der Waals surface area contributed by atoms with E-state index in [9.17, 15) is 0 Å². The zero-order chi connectivity index (χ0) is 17.0. The number of hydrogen-bond acceptors (Lipinski definition) is 2. The van der Waals surface area contributed by atoms with E-state index in [1.165, 1.54) is 36.8 Å². The Bertz CT molecular complexity index is 604. The van der Waals surface area contributed by atoms with Crippen LogP contribution in [0.3, 0.4) is 0 Å². The summed E-state index contributed by atoms with van der Waals surface area (Å²) in [6.45, 7) is 4.76. The Balaban J connectivity index is 1.78. The summed E-state index contributed by atoms with van der Waals surface area (Å²) in [4.78, 5) is 4.28. The van der Waals surface area contributed by atoms with Crippen molar-refractivity contribution in [3.8, 4) is 0 Å². The summed E-state index contributed by atoms with van der Waals surface area (Å²) in [6, 6.07) is 10.5. The third kappa shape index (κ3) is 6.44. The predicted octanol–water partition coefficient (Wildman–Crippen LogP) is 3.18. The minimum absolute atomic E-state index is 0.765. The highest BCUT2D eigenvalue weighted by Crippen LogP contribution is 2.07. The standard InChI is InChI=1S/C19H29N5/c1-3-4-5-6-11-21-19(20-2)22-15-17-9-7-10-18(14-17)16-24-13-8-12-23-24/h7-10,12-14H,3-6,11,15-16H2,1-2H3,(H2,20,21,22). The molecular weight excluding hydrogens is 298 g/mol. The highest BCUT2D eigenvalue weighted by Gasteiger charge is 2.00. The van der Waals surface area contributed by atoms with Crippen molar-refractivity contribution < 1.29 is 0 Å². The van der Waals surface area contributed by atoms with Crippen molar-refractivity contribution in [2.45, 2.75) is 45.7 Å². The van der Waals surface area contributed by atoms with Gasteiger partial charge < -0.3 is 10.6 Å². The van der Waals surface area contributed by atoms with E-state index >= 15 is 0 Å². The van der Waals surface area contributed by atoms with E-state index in [1.54, 1.807) is 0 Å². The topological polar surface area (TPSA) is 54.2 Å². The van der Waals surface area contributed by atoms with E-state index in [0.717, 1.165) is 25.6 Å². The average Bonchev–Trinajstić information content (AvgIpc) is 3.11. The summed E-state index contributed by atoms with van der Waals surface area (Å²) in [5, 5.41) is 11.0. The Kier molecular flexibility index (Phi) is 7.87. The molecule has 0 aliphatic carbocycles. The van der Waals surface area contributed by atoms with E-state index in [4.69, 9.17) is 0 Å². The number of unbranched alkanes of at least 4 members (excludes halogenated alkanes) is 3. The quantitative estimate of drug-likeness (QED) is 0.422. The first-order chi connectivity index (χ1) is 11.8. The van der Waals surface area contributed by atoms with Crippen LogP contribution < -0.4 is 10.6 Å². The molecule has 0 unspecified atom stereocenters. The van der Waals surface area contributed by atoms with Crippen LogP contribution in [-0.2, 0) is 13.1 Å². The van der Waals surface area contributed by atoms with Gasteiger partial charge in [0.25, 0.3) is 0 Å². The normalized spacial score (nSPS) is 11.5. The van der Waals surface area contributed by atoms with Crippen molar-refractivity contribution >= 4 is 5.96 Å². The highest BCUT2D eigenvalue weighted by molar-refractivity contribution is 5.79. The number of nitrogens with zero attached hydrogens (tertiary/aromatic N) is 3. The van der Waals surface area contributed by atoms with Gasteiger partial charge >= 0.3 is 0 Å². The van der Waals surface area contributed by atoms with Gasteiger partial charge in [-0.05, 0) is 23.6 Å². The van der Waals surface area contributed by atoms with E-state index in [1.807, 2.05) is 30.2 Å². The van der Waals surface area contributed by atoms with Gasteiger partial charge in [-0.3, -0.25) is 9.67 Å². The Morgan fingerprint density at radius 1 is 1.12 bits per heavy atom. The largest absolute Gasteiger partial charge is 0.356 e. The zero-order valence-corrected chi connectivity index (χ0v) is 14.8. The van der Waals surface area contributed by atoms with E-state index in [-0.39, 0.29) is 0 Å². The molecular formula is C19H29N5. The highest BCUT2D eigenvalue weighted by atomic mass is 15.3. The molecule has 0 aliphatic heterocycles. The van der Waals surface area contributed by atoms with Crippen molar-refractivity contribution in [1.82, 2.24) is 20.4 Å². The molecule has 5 heteroatoms. The number of benzene rings is 1. The summed E-state index contributed by atoms with van der Waals surface area (Å²) in [6.07, 6.45) is 8.82. The first kappa shape index (κ1) is 18.0. The van der Waals surface area contributed by atoms with Gasteiger partial charge in [0.1, 0.15) is 0 Å². The van der Waals surface area contributed by atoms with Crippen molar-refractivity contribution in [3.63, 3.8) is 0 Å². The number of hydrogen-bond donors (Lipinski definition) is 2. The Labute approximate surface area is 145 Å². The molecule has 2 aromatic rings. The van der Waals surface area contributed by atoms with Gasteiger partial charge in [0.15, 0.2) is 5.96 Å². The number of guanidine groups is 1. The minimum atomic E-state index is 0.765. The van der Waals surface area contributed by atoms with Crippen LogP contribution in [0.4, 0.5) is 0 Å². The first-order valence-electron chi connectivity index (χ1n) is 8.81. The fourth-order valence-electron chi connectivity index (χ4n) is 2.58. The molecule has 0 fully saturated rings. The molecule has 1 heterocycles. The lowest BCUT2D eigenvalue weighted by Gasteiger charge is -2.12. The molecule has 5 nitrogen and oxygen atoms in total. The van der Waals surface area contributed by atoms with Crippen LogP contribution in [0, 0.1) is 0 Å². The van der Waals surface area contributed by atoms with Crippen LogP contribution in [0.5, 0.6) is 0 Å². The molecule has 0 atom stereocenters. The summed E-state index contributed by atoms with van der Waals surface area (Å²) in [7, 11) is 1.81. The molecule has 130 valence electrons. The monoisotopic (exact) mass is 327 g/mol. The zero-order valence-electron chi connectivity index (χ0n) is 14.8. The van der Waals surface area contributed by atoms with Gasteiger partial charge in [-0.15, -0.1) is 0 Å². The minimum Gasteiger partial charge on any atom is -0.356 e. The first-order valence-corrected chi connectivity index (χ1v) is 8.81. The fourth-order valence-corrected chi connectivity index (χ4v) is 2.58. The van der Waals surface area contributed by atoms with Gasteiger partial charge in [0.05, 0.1) is 6.54 Å². The summed E-state index contributed by atoms with van der Waals surface area (Å²) in [5.74, 6) is 0.865. The molecule has 0 saturated carbocycles. The van der Waals surface area contributed by atoms with E-state index in [0.29, 0.717) is 0 Å². The Morgan fingerprint density at radius 3 is 2.75 bits per heavy atom. The molecule has 0 aliphatic rings. The SMILES string of the molecule is CCCCCCNC(=NC)NCc1cccc(Cn2cccn2)c1. The van der Waals surface area contributed by atoms with Gasteiger partial charge in [-0.25, -0.2) is 0 Å². The second-order valence-corrected chi connectivity index (χ2v) is 5.94. The molecule has 2 rings (SSSR count). The fraction of sp³-hybridized carbons (Fsp3) is 0.474. The predicted molar refractivity (Wildman–Crippen MR) is 100 cm³/mol. The van der Waals surface area contributed by atoms with Crippen LogP contribution in [0.2, 0.25) is 0 Å². The van der Waals surface area contributed by atoms with E-state index < -0.39 is 0 Å². The Hall–Kier alpha value is -2.30. The molecule has 0 spiro atoms. The molecule has 0 radical (unpaired) electrons. The molecule has 1 aromatic carbocycles. The van der Waals surface area contributed by atoms with Crippen LogP contribution in [0.1, 0.15) is 43.7 Å². The second kappa shape index (κ2) is 10.5. The molecule has 2 N–H and O–H groups in total. The number of aromatic nitrogens is 2. The maximum atomic E-state index is 4.28. The number of nitrogens with one attached hydrogen (secondary N) is 2. The van der Waals surface area contributed by atoms with Crippen molar-refractivity contribution in [1.29, 1.82) is 0 Å². The maximum Gasteiger partial charge on any atom is 0.191 e. The lowest BCUT2D eigenvalue weighted by molar-refractivity contribution is 0.647. The summed E-state index contributed by atoms with van der Waals surface area (Å²) >= 11 is 0. The van der Waals surface area contributed by atoms with Crippen LogP contribution in [0.25, 0.3) is 0 Å². The smallest absolute Gasteiger partial charge is 0.191 e. The van der Waals surface area contributed by atoms with Crippen molar-refractivity contribution in [2.24, 2.45) is 4.99 Å². The third-order valence-electron chi connectivity index (χ3n) is 3.90. The van der Waals surface area contributed by atoms with Gasteiger partial charge in [0.2, 0.25) is 0 Å². The van der Waals surface area contributed by atoms with Gasteiger partial charge in [-0.2, -0.15) is 5.10 Å². The van der Waals surface area contributed by atoms with Crippen molar-refractivity contribution in [3.05, 3.63) is 53.9 Å². The maximum absolute atomic E-state index is 4.28. The summed E-state index contributed by atoms with van der Waals surface area (Å²) in [5.41, 5.74) is 2.49. The lowest BCUT2D eigenvalue weighted by atomic mass is 10.1.